The molecule has 2 heterocycles. The molecule has 2 atom stereocenters. The Morgan fingerprint density at radius 1 is 1.41 bits per heavy atom. The first kappa shape index (κ1) is 16.9. The Bertz CT molecular complexity index is 468. The molecule has 0 aliphatic carbocycles. The monoisotopic (exact) mass is 312 g/mol. The number of hydrogen-bond donors (Lipinski definition) is 0. The lowest BCUT2D eigenvalue weighted by molar-refractivity contribution is -0.160. The third kappa shape index (κ3) is 5.38. The van der Waals surface area contributed by atoms with Gasteiger partial charge < -0.3 is 18.7 Å². The molecule has 0 spiro atoms. The summed E-state index contributed by atoms with van der Waals surface area (Å²) < 4.78 is 21.1. The summed E-state index contributed by atoms with van der Waals surface area (Å²) in [4.78, 5) is 16.0. The van der Waals surface area contributed by atoms with Gasteiger partial charge in [0.25, 0.3) is 5.89 Å². The van der Waals surface area contributed by atoms with Gasteiger partial charge in [0.2, 0.25) is 0 Å². The van der Waals surface area contributed by atoms with Crippen LogP contribution in [0.4, 0.5) is 0 Å². The number of carbonyl (C=O) groups excluding carboxylic acids is 1. The van der Waals surface area contributed by atoms with E-state index in [0.717, 1.165) is 25.9 Å². The second-order valence-corrected chi connectivity index (χ2v) is 5.92. The molecule has 0 bridgehead atoms. The van der Waals surface area contributed by atoms with Gasteiger partial charge in [0, 0.05) is 13.0 Å². The summed E-state index contributed by atoms with van der Waals surface area (Å²) in [6, 6.07) is 0. The quantitative estimate of drug-likeness (QED) is 0.678. The van der Waals surface area contributed by atoms with E-state index in [-0.39, 0.29) is 12.7 Å². The van der Waals surface area contributed by atoms with E-state index in [1.54, 1.807) is 6.92 Å². The highest BCUT2D eigenvalue weighted by molar-refractivity contribution is 5.74. The molecule has 1 aliphatic heterocycles. The van der Waals surface area contributed by atoms with Crippen LogP contribution in [-0.4, -0.2) is 41.5 Å². The summed E-state index contributed by atoms with van der Waals surface area (Å²) in [5, 5.41) is 3.84. The van der Waals surface area contributed by atoms with Gasteiger partial charge in [0.1, 0.15) is 0 Å². The van der Waals surface area contributed by atoms with E-state index in [1.165, 1.54) is 0 Å². The van der Waals surface area contributed by atoms with Crippen LogP contribution in [0.1, 0.15) is 45.3 Å². The molecule has 7 nitrogen and oxygen atoms in total. The highest BCUT2D eigenvalue weighted by atomic mass is 16.6. The number of hydrogen-bond acceptors (Lipinski definition) is 7. The van der Waals surface area contributed by atoms with Gasteiger partial charge in [-0.05, 0) is 25.7 Å². The van der Waals surface area contributed by atoms with Crippen LogP contribution < -0.4 is 0 Å². The predicted molar refractivity (Wildman–Crippen MR) is 77.0 cm³/mol. The molecule has 1 aliphatic rings. The SMILES string of the molecule is CC(C)Cc1noc(COC(=O)C(C)OCC2CCCO2)n1. The van der Waals surface area contributed by atoms with Gasteiger partial charge in [-0.15, -0.1) is 0 Å². The minimum absolute atomic E-state index is 0.0302. The zero-order valence-electron chi connectivity index (χ0n) is 13.4. The molecule has 2 unspecified atom stereocenters. The lowest BCUT2D eigenvalue weighted by Gasteiger charge is -2.14. The molecule has 124 valence electrons. The average molecular weight is 312 g/mol. The van der Waals surface area contributed by atoms with Gasteiger partial charge in [0.05, 0.1) is 12.7 Å². The highest BCUT2D eigenvalue weighted by Crippen LogP contribution is 2.13. The molecule has 22 heavy (non-hydrogen) atoms. The van der Waals surface area contributed by atoms with E-state index in [1.807, 2.05) is 0 Å². The number of aromatic nitrogens is 2. The smallest absolute Gasteiger partial charge is 0.335 e. The Morgan fingerprint density at radius 2 is 2.23 bits per heavy atom. The van der Waals surface area contributed by atoms with Gasteiger partial charge in [-0.25, -0.2) is 4.79 Å². The molecule has 0 saturated carbocycles. The molecule has 0 amide bonds. The zero-order chi connectivity index (χ0) is 15.9. The fraction of sp³-hybridized carbons (Fsp3) is 0.800. The molecule has 7 heteroatoms. The van der Waals surface area contributed by atoms with Crippen LogP contribution in [0, 0.1) is 5.92 Å². The van der Waals surface area contributed by atoms with Gasteiger partial charge in [-0.2, -0.15) is 4.98 Å². The van der Waals surface area contributed by atoms with Gasteiger partial charge in [-0.3, -0.25) is 0 Å². The summed E-state index contributed by atoms with van der Waals surface area (Å²) in [5.74, 6) is 0.930. The van der Waals surface area contributed by atoms with E-state index in [9.17, 15) is 4.79 Å². The lowest BCUT2D eigenvalue weighted by Crippen LogP contribution is -2.27. The van der Waals surface area contributed by atoms with E-state index in [0.29, 0.717) is 24.2 Å². The topological polar surface area (TPSA) is 83.7 Å². The van der Waals surface area contributed by atoms with Crippen LogP contribution in [0.15, 0.2) is 4.52 Å². The van der Waals surface area contributed by atoms with Gasteiger partial charge in [-0.1, -0.05) is 19.0 Å². The summed E-state index contributed by atoms with van der Waals surface area (Å²) in [6.07, 6.45) is 2.20. The van der Waals surface area contributed by atoms with Crippen molar-refractivity contribution in [1.82, 2.24) is 10.1 Å². The molecule has 1 aromatic heterocycles. The van der Waals surface area contributed by atoms with Crippen molar-refractivity contribution in [3.05, 3.63) is 11.7 Å². The summed E-state index contributed by atoms with van der Waals surface area (Å²) in [7, 11) is 0. The van der Waals surface area contributed by atoms with Crippen LogP contribution >= 0.6 is 0 Å². The standard InChI is InChI=1S/C15H24N2O5/c1-10(2)7-13-16-14(22-17-13)9-21-15(18)11(3)20-8-12-5-4-6-19-12/h10-12H,4-9H2,1-3H3. The van der Waals surface area contributed by atoms with Crippen molar-refractivity contribution in [3.8, 4) is 0 Å². The Labute approximate surface area is 130 Å². The van der Waals surface area contributed by atoms with Crippen LogP contribution in [0.3, 0.4) is 0 Å². The van der Waals surface area contributed by atoms with E-state index >= 15 is 0 Å². The molecular formula is C15H24N2O5. The minimum atomic E-state index is -0.637. The van der Waals surface area contributed by atoms with E-state index in [4.69, 9.17) is 18.7 Å². The third-order valence-corrected chi connectivity index (χ3v) is 3.33. The van der Waals surface area contributed by atoms with Crippen LogP contribution in [0.5, 0.6) is 0 Å². The van der Waals surface area contributed by atoms with Gasteiger partial charge in [0.15, 0.2) is 18.5 Å². The average Bonchev–Trinajstić information content (AvgIpc) is 3.13. The molecule has 2 rings (SSSR count). The van der Waals surface area contributed by atoms with Crippen LogP contribution in [0.2, 0.25) is 0 Å². The van der Waals surface area contributed by atoms with E-state index < -0.39 is 12.1 Å². The molecule has 0 N–H and O–H groups in total. The maximum absolute atomic E-state index is 11.8. The fourth-order valence-corrected chi connectivity index (χ4v) is 2.14. The maximum atomic E-state index is 11.8. The Kier molecular flexibility index (Phi) is 6.33. The Morgan fingerprint density at radius 3 is 2.91 bits per heavy atom. The highest BCUT2D eigenvalue weighted by Gasteiger charge is 2.21. The number of rotatable bonds is 8. The Balaban J connectivity index is 1.68. The van der Waals surface area contributed by atoms with Crippen molar-refractivity contribution >= 4 is 5.97 Å². The Hall–Kier alpha value is -1.47. The molecule has 1 fully saturated rings. The van der Waals surface area contributed by atoms with E-state index in [2.05, 4.69) is 24.0 Å². The van der Waals surface area contributed by atoms with Gasteiger partial charge >= 0.3 is 5.97 Å². The first-order valence-corrected chi connectivity index (χ1v) is 7.76. The lowest BCUT2D eigenvalue weighted by atomic mass is 10.1. The number of nitrogens with zero attached hydrogens (tertiary/aromatic N) is 2. The summed E-state index contributed by atoms with van der Waals surface area (Å²) in [5.41, 5.74) is 0. The van der Waals surface area contributed by atoms with Crippen molar-refractivity contribution in [2.24, 2.45) is 5.92 Å². The van der Waals surface area contributed by atoms with Crippen LogP contribution in [0.25, 0.3) is 0 Å². The molecule has 1 saturated heterocycles. The molecular weight excluding hydrogens is 288 g/mol. The second kappa shape index (κ2) is 8.24. The van der Waals surface area contributed by atoms with Crippen molar-refractivity contribution in [2.75, 3.05) is 13.2 Å². The largest absolute Gasteiger partial charge is 0.454 e. The molecule has 0 radical (unpaired) electrons. The molecule has 0 aromatic carbocycles. The van der Waals surface area contributed by atoms with Crippen molar-refractivity contribution < 1.29 is 23.5 Å². The summed E-state index contributed by atoms with van der Waals surface area (Å²) in [6.45, 7) is 6.96. The zero-order valence-corrected chi connectivity index (χ0v) is 13.4. The number of esters is 1. The fourth-order valence-electron chi connectivity index (χ4n) is 2.14. The van der Waals surface area contributed by atoms with Crippen molar-refractivity contribution in [1.29, 1.82) is 0 Å². The normalized spacial score (nSPS) is 19.5. The first-order chi connectivity index (χ1) is 10.5. The summed E-state index contributed by atoms with van der Waals surface area (Å²) >= 11 is 0. The number of carbonyl (C=O) groups is 1. The van der Waals surface area contributed by atoms with Crippen molar-refractivity contribution in [3.63, 3.8) is 0 Å². The predicted octanol–water partition coefficient (Wildman–Crippen LogP) is 1.90. The van der Waals surface area contributed by atoms with Crippen molar-refractivity contribution in [2.45, 2.75) is 58.8 Å². The number of ether oxygens (including phenoxy) is 3. The first-order valence-electron chi connectivity index (χ1n) is 7.76. The third-order valence-electron chi connectivity index (χ3n) is 3.33. The second-order valence-electron chi connectivity index (χ2n) is 5.92. The maximum Gasteiger partial charge on any atom is 0.335 e. The molecule has 1 aromatic rings. The minimum Gasteiger partial charge on any atom is -0.454 e. The van der Waals surface area contributed by atoms with Crippen LogP contribution in [-0.2, 0) is 32.0 Å².